The minimum Gasteiger partial charge on any atom is -0.496 e. The Morgan fingerprint density at radius 1 is 1.18 bits per heavy atom. The van der Waals surface area contributed by atoms with E-state index in [0.29, 0.717) is 0 Å². The van der Waals surface area contributed by atoms with Crippen LogP contribution < -0.4 is 4.74 Å². The molecule has 96 valence electrons. The molecule has 0 aliphatic rings. The van der Waals surface area contributed by atoms with Crippen molar-refractivity contribution in [2.24, 2.45) is 0 Å². The number of likely N-dealkylation sites (N-methyl/N-ethyl adjacent to an activating group) is 1. The van der Waals surface area contributed by atoms with Gasteiger partial charge in [0.15, 0.2) is 0 Å². The maximum atomic E-state index is 5.32. The van der Waals surface area contributed by atoms with Gasteiger partial charge in [0.2, 0.25) is 0 Å². The van der Waals surface area contributed by atoms with E-state index in [1.54, 1.807) is 7.11 Å². The van der Waals surface area contributed by atoms with Gasteiger partial charge in [-0.25, -0.2) is 0 Å². The SMILES string of the molecule is COc1ccc(CCN(C)CCS)c(C)c1C. The van der Waals surface area contributed by atoms with Gasteiger partial charge in [-0.1, -0.05) is 6.07 Å². The number of methoxy groups -OCH3 is 1. The van der Waals surface area contributed by atoms with Crippen LogP contribution in [0.2, 0.25) is 0 Å². The minimum absolute atomic E-state index is 0.914. The largest absolute Gasteiger partial charge is 0.496 e. The number of rotatable bonds is 6. The Labute approximate surface area is 110 Å². The Morgan fingerprint density at radius 2 is 1.88 bits per heavy atom. The number of hydrogen-bond donors (Lipinski definition) is 1. The molecule has 1 aromatic carbocycles. The zero-order valence-electron chi connectivity index (χ0n) is 11.3. The first-order chi connectivity index (χ1) is 8.10. The van der Waals surface area contributed by atoms with Crippen molar-refractivity contribution < 1.29 is 4.74 Å². The van der Waals surface area contributed by atoms with Gasteiger partial charge in [-0.15, -0.1) is 0 Å². The van der Waals surface area contributed by atoms with Crippen molar-refractivity contribution in [1.29, 1.82) is 0 Å². The lowest BCUT2D eigenvalue weighted by Crippen LogP contribution is -2.23. The highest BCUT2D eigenvalue weighted by Crippen LogP contribution is 2.24. The zero-order chi connectivity index (χ0) is 12.8. The Bertz CT molecular complexity index is 365. The molecule has 1 aromatic rings. The summed E-state index contributed by atoms with van der Waals surface area (Å²) in [5.41, 5.74) is 4.01. The number of thiol groups is 1. The second kappa shape index (κ2) is 6.92. The maximum Gasteiger partial charge on any atom is 0.122 e. The normalized spacial score (nSPS) is 10.9. The molecular weight excluding hydrogens is 230 g/mol. The van der Waals surface area contributed by atoms with Crippen LogP contribution in [-0.2, 0) is 6.42 Å². The van der Waals surface area contributed by atoms with Crippen molar-refractivity contribution >= 4 is 12.6 Å². The maximum absolute atomic E-state index is 5.32. The van der Waals surface area contributed by atoms with Gasteiger partial charge in [0, 0.05) is 18.8 Å². The molecule has 0 radical (unpaired) electrons. The first kappa shape index (κ1) is 14.4. The minimum atomic E-state index is 0.914. The van der Waals surface area contributed by atoms with Gasteiger partial charge in [-0.2, -0.15) is 12.6 Å². The van der Waals surface area contributed by atoms with Crippen LogP contribution in [0, 0.1) is 13.8 Å². The van der Waals surface area contributed by atoms with Crippen LogP contribution in [-0.4, -0.2) is 37.9 Å². The van der Waals surface area contributed by atoms with Gasteiger partial charge < -0.3 is 9.64 Å². The highest BCUT2D eigenvalue weighted by Gasteiger charge is 2.07. The van der Waals surface area contributed by atoms with Crippen LogP contribution in [0.5, 0.6) is 5.75 Å². The molecule has 0 saturated heterocycles. The van der Waals surface area contributed by atoms with Gasteiger partial charge in [0.05, 0.1) is 7.11 Å². The predicted octanol–water partition coefficient (Wildman–Crippen LogP) is 2.72. The quantitative estimate of drug-likeness (QED) is 0.783. The summed E-state index contributed by atoms with van der Waals surface area (Å²) in [6, 6.07) is 4.24. The van der Waals surface area contributed by atoms with Crippen LogP contribution in [0.1, 0.15) is 16.7 Å². The first-order valence-electron chi connectivity index (χ1n) is 6.02. The van der Waals surface area contributed by atoms with E-state index in [9.17, 15) is 0 Å². The van der Waals surface area contributed by atoms with E-state index in [1.165, 1.54) is 16.7 Å². The van der Waals surface area contributed by atoms with Crippen LogP contribution in [0.15, 0.2) is 12.1 Å². The van der Waals surface area contributed by atoms with Gasteiger partial charge in [-0.05, 0) is 50.1 Å². The van der Waals surface area contributed by atoms with E-state index >= 15 is 0 Å². The van der Waals surface area contributed by atoms with Crippen molar-refractivity contribution in [2.75, 3.05) is 33.0 Å². The van der Waals surface area contributed by atoms with Gasteiger partial charge >= 0.3 is 0 Å². The van der Waals surface area contributed by atoms with Crippen molar-refractivity contribution in [3.05, 3.63) is 28.8 Å². The molecular formula is C14H23NOS. The van der Waals surface area contributed by atoms with Crippen LogP contribution in [0.3, 0.4) is 0 Å². The fourth-order valence-corrected chi connectivity index (χ4v) is 2.28. The summed E-state index contributed by atoms with van der Waals surface area (Å²) in [5.74, 6) is 1.90. The number of benzene rings is 1. The van der Waals surface area contributed by atoms with Crippen molar-refractivity contribution in [3.8, 4) is 5.75 Å². The highest BCUT2D eigenvalue weighted by molar-refractivity contribution is 7.80. The van der Waals surface area contributed by atoms with E-state index in [1.807, 2.05) is 0 Å². The van der Waals surface area contributed by atoms with Gasteiger partial charge in [-0.3, -0.25) is 0 Å². The molecule has 0 N–H and O–H groups in total. The molecule has 0 aromatic heterocycles. The van der Waals surface area contributed by atoms with Crippen LogP contribution in [0.4, 0.5) is 0 Å². The van der Waals surface area contributed by atoms with Gasteiger partial charge in [0.25, 0.3) is 0 Å². The molecule has 0 heterocycles. The third-order valence-electron chi connectivity index (χ3n) is 3.31. The summed E-state index contributed by atoms with van der Waals surface area (Å²) in [6.45, 7) is 6.41. The monoisotopic (exact) mass is 253 g/mol. The average Bonchev–Trinajstić information content (AvgIpc) is 2.31. The van der Waals surface area contributed by atoms with Crippen LogP contribution >= 0.6 is 12.6 Å². The fraction of sp³-hybridized carbons (Fsp3) is 0.571. The molecule has 0 atom stereocenters. The lowest BCUT2D eigenvalue weighted by Gasteiger charge is -2.17. The third kappa shape index (κ3) is 3.93. The molecule has 17 heavy (non-hydrogen) atoms. The molecule has 0 saturated carbocycles. The Kier molecular flexibility index (Phi) is 5.86. The van der Waals surface area contributed by atoms with E-state index in [-0.39, 0.29) is 0 Å². The lowest BCUT2D eigenvalue weighted by atomic mass is 10.00. The number of ether oxygens (including phenoxy) is 1. The Balaban J connectivity index is 2.69. The summed E-state index contributed by atoms with van der Waals surface area (Å²) < 4.78 is 5.32. The molecule has 0 fully saturated rings. The van der Waals surface area contributed by atoms with E-state index in [0.717, 1.165) is 31.0 Å². The number of nitrogens with zero attached hydrogens (tertiary/aromatic N) is 1. The molecule has 0 aliphatic carbocycles. The molecule has 2 nitrogen and oxygen atoms in total. The number of hydrogen-bond acceptors (Lipinski definition) is 3. The summed E-state index contributed by atoms with van der Waals surface area (Å²) >= 11 is 4.24. The zero-order valence-corrected chi connectivity index (χ0v) is 12.2. The standard InChI is InChI=1S/C14H23NOS/c1-11-12(2)14(16-4)6-5-13(11)7-8-15(3)9-10-17/h5-6,17H,7-10H2,1-4H3. The van der Waals surface area contributed by atoms with Crippen molar-refractivity contribution in [2.45, 2.75) is 20.3 Å². The Hall–Kier alpha value is -0.670. The Morgan fingerprint density at radius 3 is 2.47 bits per heavy atom. The highest BCUT2D eigenvalue weighted by atomic mass is 32.1. The summed E-state index contributed by atoms with van der Waals surface area (Å²) in [6.07, 6.45) is 1.08. The summed E-state index contributed by atoms with van der Waals surface area (Å²) in [7, 11) is 3.86. The van der Waals surface area contributed by atoms with Crippen molar-refractivity contribution in [3.63, 3.8) is 0 Å². The smallest absolute Gasteiger partial charge is 0.122 e. The van der Waals surface area contributed by atoms with E-state index in [4.69, 9.17) is 4.74 Å². The van der Waals surface area contributed by atoms with Crippen LogP contribution in [0.25, 0.3) is 0 Å². The summed E-state index contributed by atoms with van der Waals surface area (Å²) in [5, 5.41) is 0. The predicted molar refractivity (Wildman–Crippen MR) is 77.5 cm³/mol. The van der Waals surface area contributed by atoms with E-state index < -0.39 is 0 Å². The van der Waals surface area contributed by atoms with E-state index in [2.05, 4.69) is 50.6 Å². The first-order valence-corrected chi connectivity index (χ1v) is 6.65. The third-order valence-corrected chi connectivity index (χ3v) is 3.51. The fourth-order valence-electron chi connectivity index (χ4n) is 1.94. The lowest BCUT2D eigenvalue weighted by molar-refractivity contribution is 0.360. The average molecular weight is 253 g/mol. The molecule has 0 bridgehead atoms. The topological polar surface area (TPSA) is 12.5 Å². The second-order valence-electron chi connectivity index (χ2n) is 4.45. The second-order valence-corrected chi connectivity index (χ2v) is 4.90. The molecule has 3 heteroatoms. The summed E-state index contributed by atoms with van der Waals surface area (Å²) in [4.78, 5) is 2.31. The molecule has 0 spiro atoms. The molecule has 1 rings (SSSR count). The van der Waals surface area contributed by atoms with Gasteiger partial charge in [0.1, 0.15) is 5.75 Å². The molecule has 0 aliphatic heterocycles. The van der Waals surface area contributed by atoms with Crippen molar-refractivity contribution in [1.82, 2.24) is 4.90 Å². The molecule has 0 amide bonds. The molecule has 0 unspecified atom stereocenters.